The number of hydrogen-bond donors (Lipinski definition) is 1. The first-order valence-corrected chi connectivity index (χ1v) is 11.2. The van der Waals surface area contributed by atoms with Crippen LogP contribution in [0.1, 0.15) is 35.5 Å². The minimum absolute atomic E-state index is 0.147. The Bertz CT molecular complexity index is 1110. The number of nitrogens with one attached hydrogen (secondary N) is 1. The van der Waals surface area contributed by atoms with E-state index in [0.717, 1.165) is 24.8 Å². The largest absolute Gasteiger partial charge is 0.412 e. The van der Waals surface area contributed by atoms with Crippen molar-refractivity contribution in [2.45, 2.75) is 30.7 Å². The molecule has 1 aromatic heterocycles. The molecule has 1 amide bonds. The molecule has 0 bridgehead atoms. The molecule has 0 spiro atoms. The lowest BCUT2D eigenvalue weighted by atomic mass is 10.2. The van der Waals surface area contributed by atoms with Crippen molar-refractivity contribution in [1.29, 1.82) is 0 Å². The predicted molar refractivity (Wildman–Crippen MR) is 110 cm³/mol. The summed E-state index contributed by atoms with van der Waals surface area (Å²) >= 11 is 0. The van der Waals surface area contributed by atoms with E-state index in [0.29, 0.717) is 25.2 Å². The summed E-state index contributed by atoms with van der Waals surface area (Å²) in [5.74, 6) is -0.463. The molecular formula is C21H22N4O4S. The van der Waals surface area contributed by atoms with E-state index < -0.39 is 15.9 Å². The van der Waals surface area contributed by atoms with E-state index in [2.05, 4.69) is 15.5 Å². The Kier molecular flexibility index (Phi) is 5.91. The molecule has 30 heavy (non-hydrogen) atoms. The molecule has 0 unspecified atom stereocenters. The summed E-state index contributed by atoms with van der Waals surface area (Å²) in [6, 6.07) is 15.8. The van der Waals surface area contributed by atoms with Gasteiger partial charge in [0.05, 0.1) is 4.90 Å². The monoisotopic (exact) mass is 426 g/mol. The first-order valence-electron chi connectivity index (χ1n) is 9.80. The summed E-state index contributed by atoms with van der Waals surface area (Å²) in [7, 11) is -3.50. The van der Waals surface area contributed by atoms with Gasteiger partial charge in [-0.3, -0.25) is 4.79 Å². The molecule has 2 aromatic carbocycles. The van der Waals surface area contributed by atoms with Crippen LogP contribution in [0.25, 0.3) is 11.5 Å². The summed E-state index contributed by atoms with van der Waals surface area (Å²) in [5.41, 5.74) is 1.50. The standard InChI is InChI=1S/C21H22N4O4S/c26-19(22-15-16-7-3-1-4-8-16)21-24-23-20(29-21)17-9-11-18(12-10-17)30(27,28)25-13-5-2-6-14-25/h1,3-4,7-12H,2,5-6,13-15H2,(H,22,26). The lowest BCUT2D eigenvalue weighted by Crippen LogP contribution is -2.35. The van der Waals surface area contributed by atoms with Gasteiger partial charge in [-0.1, -0.05) is 36.8 Å². The second kappa shape index (κ2) is 8.76. The minimum atomic E-state index is -3.50. The highest BCUT2D eigenvalue weighted by molar-refractivity contribution is 7.89. The Balaban J connectivity index is 1.43. The average Bonchev–Trinajstić information content (AvgIpc) is 3.29. The van der Waals surface area contributed by atoms with Gasteiger partial charge in [-0.25, -0.2) is 8.42 Å². The highest BCUT2D eigenvalue weighted by Gasteiger charge is 2.26. The van der Waals surface area contributed by atoms with Crippen molar-refractivity contribution in [3.8, 4) is 11.5 Å². The average molecular weight is 426 g/mol. The van der Waals surface area contributed by atoms with Crippen molar-refractivity contribution in [2.75, 3.05) is 13.1 Å². The third-order valence-electron chi connectivity index (χ3n) is 4.97. The van der Waals surface area contributed by atoms with Gasteiger partial charge in [-0.2, -0.15) is 4.31 Å². The molecule has 1 aliphatic rings. The number of amides is 1. The van der Waals surface area contributed by atoms with Crippen LogP contribution < -0.4 is 5.32 Å². The topological polar surface area (TPSA) is 105 Å². The molecule has 2 heterocycles. The fourth-order valence-corrected chi connectivity index (χ4v) is 4.83. The van der Waals surface area contributed by atoms with Gasteiger partial charge >= 0.3 is 11.8 Å². The van der Waals surface area contributed by atoms with Gasteiger partial charge in [-0.05, 0) is 42.7 Å². The molecule has 1 aliphatic heterocycles. The number of rotatable bonds is 6. The number of sulfonamides is 1. The van der Waals surface area contributed by atoms with Gasteiger partial charge in [0, 0.05) is 25.2 Å². The maximum Gasteiger partial charge on any atom is 0.309 e. The van der Waals surface area contributed by atoms with Crippen molar-refractivity contribution in [3.63, 3.8) is 0 Å². The molecule has 1 fully saturated rings. The Hall–Kier alpha value is -3.04. The van der Waals surface area contributed by atoms with E-state index >= 15 is 0 Å². The molecule has 156 valence electrons. The fourth-order valence-electron chi connectivity index (χ4n) is 3.31. The van der Waals surface area contributed by atoms with Crippen LogP contribution in [0.4, 0.5) is 0 Å². The molecule has 0 radical (unpaired) electrons. The normalized spacial score (nSPS) is 15.1. The highest BCUT2D eigenvalue weighted by atomic mass is 32.2. The lowest BCUT2D eigenvalue weighted by Gasteiger charge is -2.25. The molecule has 0 saturated carbocycles. The summed E-state index contributed by atoms with van der Waals surface area (Å²) < 4.78 is 32.5. The van der Waals surface area contributed by atoms with Crippen molar-refractivity contribution in [3.05, 3.63) is 66.1 Å². The zero-order valence-corrected chi connectivity index (χ0v) is 17.1. The summed E-state index contributed by atoms with van der Waals surface area (Å²) in [5, 5.41) is 10.4. The molecule has 4 rings (SSSR count). The number of nitrogens with zero attached hydrogens (tertiary/aromatic N) is 3. The molecule has 1 saturated heterocycles. The van der Waals surface area contributed by atoms with Gasteiger partial charge in [0.1, 0.15) is 0 Å². The maximum atomic E-state index is 12.7. The van der Waals surface area contributed by atoms with Crippen molar-refractivity contribution in [2.24, 2.45) is 0 Å². The zero-order chi connectivity index (χ0) is 21.0. The van der Waals surface area contributed by atoms with Crippen molar-refractivity contribution < 1.29 is 17.6 Å². The van der Waals surface area contributed by atoms with Crippen LogP contribution in [0.15, 0.2) is 63.9 Å². The summed E-state index contributed by atoms with van der Waals surface area (Å²) in [4.78, 5) is 12.5. The van der Waals surface area contributed by atoms with Gasteiger partial charge in [0.25, 0.3) is 0 Å². The third-order valence-corrected chi connectivity index (χ3v) is 6.88. The number of aromatic nitrogens is 2. The van der Waals surface area contributed by atoms with E-state index in [1.807, 2.05) is 30.3 Å². The zero-order valence-electron chi connectivity index (χ0n) is 16.3. The maximum absolute atomic E-state index is 12.7. The molecular weight excluding hydrogens is 404 g/mol. The quantitative estimate of drug-likeness (QED) is 0.650. The molecule has 0 aliphatic carbocycles. The number of piperidine rings is 1. The summed E-state index contributed by atoms with van der Waals surface area (Å²) in [6.07, 6.45) is 2.83. The van der Waals surface area contributed by atoms with Crippen LogP contribution >= 0.6 is 0 Å². The number of benzene rings is 2. The van der Waals surface area contributed by atoms with Crippen LogP contribution in [0, 0.1) is 0 Å². The van der Waals surface area contributed by atoms with Gasteiger partial charge in [0.15, 0.2) is 0 Å². The van der Waals surface area contributed by atoms with E-state index in [1.54, 1.807) is 12.1 Å². The Labute approximate surface area is 175 Å². The van der Waals surface area contributed by atoms with E-state index in [1.165, 1.54) is 16.4 Å². The first kappa shape index (κ1) is 20.2. The smallest absolute Gasteiger partial charge is 0.309 e. The molecule has 3 aromatic rings. The predicted octanol–water partition coefficient (Wildman–Crippen LogP) is 2.84. The number of carbonyl (C=O) groups excluding carboxylic acids is 1. The number of carbonyl (C=O) groups is 1. The van der Waals surface area contributed by atoms with Crippen LogP contribution in [-0.4, -0.2) is 41.9 Å². The lowest BCUT2D eigenvalue weighted by molar-refractivity contribution is 0.0917. The Morgan fingerprint density at radius 1 is 0.967 bits per heavy atom. The van der Waals surface area contributed by atoms with Gasteiger partial charge in [-0.15, -0.1) is 10.2 Å². The third kappa shape index (κ3) is 4.42. The SMILES string of the molecule is O=C(NCc1ccccc1)c1nnc(-c2ccc(S(=O)(=O)N3CCCCC3)cc2)o1. The second-order valence-electron chi connectivity index (χ2n) is 7.07. The number of hydrogen-bond acceptors (Lipinski definition) is 6. The minimum Gasteiger partial charge on any atom is -0.412 e. The summed E-state index contributed by atoms with van der Waals surface area (Å²) in [6.45, 7) is 1.45. The molecule has 9 heteroatoms. The fraction of sp³-hybridized carbons (Fsp3) is 0.286. The van der Waals surface area contributed by atoms with E-state index in [-0.39, 0.29) is 16.7 Å². The van der Waals surface area contributed by atoms with Crippen LogP contribution in [-0.2, 0) is 16.6 Å². The molecule has 8 nitrogen and oxygen atoms in total. The molecule has 0 atom stereocenters. The van der Waals surface area contributed by atoms with Crippen LogP contribution in [0.5, 0.6) is 0 Å². The van der Waals surface area contributed by atoms with Crippen molar-refractivity contribution >= 4 is 15.9 Å². The van der Waals surface area contributed by atoms with Gasteiger partial charge < -0.3 is 9.73 Å². The van der Waals surface area contributed by atoms with Gasteiger partial charge in [0.2, 0.25) is 15.9 Å². The Morgan fingerprint density at radius 3 is 2.37 bits per heavy atom. The van der Waals surface area contributed by atoms with Crippen molar-refractivity contribution in [1.82, 2.24) is 19.8 Å². The Morgan fingerprint density at radius 2 is 1.67 bits per heavy atom. The first-order chi connectivity index (χ1) is 14.5. The van der Waals surface area contributed by atoms with E-state index in [9.17, 15) is 13.2 Å². The molecule has 1 N–H and O–H groups in total. The van der Waals surface area contributed by atoms with Crippen LogP contribution in [0.2, 0.25) is 0 Å². The second-order valence-corrected chi connectivity index (χ2v) is 9.01. The highest BCUT2D eigenvalue weighted by Crippen LogP contribution is 2.24. The van der Waals surface area contributed by atoms with Crippen LogP contribution in [0.3, 0.4) is 0 Å². The van der Waals surface area contributed by atoms with E-state index in [4.69, 9.17) is 4.42 Å².